The molecule has 1 aliphatic heterocycles. The van der Waals surface area contributed by atoms with Crippen molar-refractivity contribution in [2.24, 2.45) is 5.73 Å². The van der Waals surface area contributed by atoms with Crippen molar-refractivity contribution >= 4 is 24.2 Å². The van der Waals surface area contributed by atoms with Gasteiger partial charge in [-0.25, -0.2) is 28.2 Å². The molecule has 2 aromatic heterocycles. The van der Waals surface area contributed by atoms with Gasteiger partial charge in [-0.05, 0) is 23.8 Å². The van der Waals surface area contributed by atoms with Gasteiger partial charge >= 0.3 is 11.8 Å². The van der Waals surface area contributed by atoms with Gasteiger partial charge in [-0.2, -0.15) is 5.10 Å². The van der Waals surface area contributed by atoms with E-state index in [0.717, 1.165) is 15.8 Å². The van der Waals surface area contributed by atoms with E-state index in [0.29, 0.717) is 23.5 Å². The number of aromatic nitrogens is 4. The molecule has 9 nitrogen and oxygen atoms in total. The number of nitrogens with two attached hydrogens (primary N) is 1. The summed E-state index contributed by atoms with van der Waals surface area (Å²) < 4.78 is 20.1. The molecule has 4 rings (SSSR count). The minimum absolute atomic E-state index is 0. The van der Waals surface area contributed by atoms with E-state index in [1.165, 1.54) is 10.9 Å². The molecule has 30 heavy (non-hydrogen) atoms. The Balaban J connectivity index is 0.00000256. The van der Waals surface area contributed by atoms with Crippen LogP contribution in [0.5, 0.6) is 0 Å². The van der Waals surface area contributed by atoms with Crippen LogP contribution in [0.1, 0.15) is 5.56 Å². The first-order valence-electron chi connectivity index (χ1n) is 8.76. The number of nitrogens with one attached hydrogen (secondary N) is 1. The smallest absolute Gasteiger partial charge is 0.411 e. The molecule has 0 unspecified atom stereocenters. The summed E-state index contributed by atoms with van der Waals surface area (Å²) in [5, 5.41) is 6.65. The highest BCUT2D eigenvalue weighted by Crippen LogP contribution is 2.28. The second-order valence-electron chi connectivity index (χ2n) is 6.37. The molecule has 0 saturated heterocycles. The third-order valence-corrected chi connectivity index (χ3v) is 4.49. The SMILES string of the molecule is Cl.NC/C(=C\F)Cn1ncn(-c2cccc(-c3ccc4c(c3)NC(=O)OC4)n2)c1=O. The zero-order chi connectivity index (χ0) is 20.4. The molecule has 0 spiro atoms. The Morgan fingerprint density at radius 2 is 2.13 bits per heavy atom. The summed E-state index contributed by atoms with van der Waals surface area (Å²) in [6.45, 7) is 0.163. The molecule has 3 aromatic rings. The number of anilines is 1. The first-order chi connectivity index (χ1) is 14.1. The van der Waals surface area contributed by atoms with Crippen LogP contribution in [-0.4, -0.2) is 32.0 Å². The van der Waals surface area contributed by atoms with Gasteiger partial charge < -0.3 is 10.5 Å². The number of carbonyl (C=O) groups is 1. The first-order valence-corrected chi connectivity index (χ1v) is 8.76. The summed E-state index contributed by atoms with van der Waals surface area (Å²) in [6.07, 6.45) is 1.20. The molecule has 0 aliphatic carbocycles. The summed E-state index contributed by atoms with van der Waals surface area (Å²) in [4.78, 5) is 28.6. The highest BCUT2D eigenvalue weighted by atomic mass is 35.5. The van der Waals surface area contributed by atoms with Crippen LogP contribution in [0.15, 0.2) is 59.4 Å². The number of ether oxygens (including phenoxy) is 1. The van der Waals surface area contributed by atoms with Crippen LogP contribution in [0, 0.1) is 0 Å². The average Bonchev–Trinajstić information content (AvgIpc) is 3.11. The lowest BCUT2D eigenvalue weighted by Gasteiger charge is -2.18. The predicted molar refractivity (Wildman–Crippen MR) is 110 cm³/mol. The van der Waals surface area contributed by atoms with Gasteiger partial charge in [-0.3, -0.25) is 5.32 Å². The van der Waals surface area contributed by atoms with Gasteiger partial charge in [-0.1, -0.05) is 18.2 Å². The van der Waals surface area contributed by atoms with Crippen LogP contribution in [0.3, 0.4) is 0 Å². The van der Waals surface area contributed by atoms with Gasteiger partial charge in [0.05, 0.1) is 24.3 Å². The minimum atomic E-state index is -0.505. The summed E-state index contributed by atoms with van der Waals surface area (Å²) in [5.41, 5.74) is 8.11. The molecule has 3 heterocycles. The Kier molecular flexibility index (Phi) is 6.28. The highest BCUT2D eigenvalue weighted by molar-refractivity contribution is 5.88. The van der Waals surface area contributed by atoms with E-state index in [1.54, 1.807) is 24.3 Å². The van der Waals surface area contributed by atoms with E-state index in [9.17, 15) is 14.0 Å². The molecule has 1 amide bonds. The molecular formula is C19H18ClFN6O3. The predicted octanol–water partition coefficient (Wildman–Crippen LogP) is 2.39. The number of hydrogen-bond donors (Lipinski definition) is 2. The Morgan fingerprint density at radius 1 is 1.30 bits per heavy atom. The van der Waals surface area contributed by atoms with Crippen molar-refractivity contribution in [2.75, 3.05) is 11.9 Å². The van der Waals surface area contributed by atoms with Crippen LogP contribution < -0.4 is 16.7 Å². The second-order valence-corrected chi connectivity index (χ2v) is 6.37. The minimum Gasteiger partial charge on any atom is -0.444 e. The van der Waals surface area contributed by atoms with Crippen molar-refractivity contribution in [3.8, 4) is 17.1 Å². The van der Waals surface area contributed by atoms with Crippen molar-refractivity contribution in [1.29, 1.82) is 0 Å². The van der Waals surface area contributed by atoms with E-state index in [4.69, 9.17) is 10.5 Å². The largest absolute Gasteiger partial charge is 0.444 e. The van der Waals surface area contributed by atoms with Gasteiger partial charge in [0.15, 0.2) is 0 Å². The third-order valence-electron chi connectivity index (χ3n) is 4.49. The first kappa shape index (κ1) is 21.2. The van der Waals surface area contributed by atoms with Crippen LogP contribution in [0.2, 0.25) is 0 Å². The standard InChI is InChI=1S/C19H17FN6O3.ClH/c20-7-12(8-21)9-26-19(28)25(11-22-26)17-3-1-2-15(23-17)13-4-5-14-10-29-18(27)24-16(14)6-13;/h1-7,11H,8-10,21H2,(H,24,27);1H/b12-7+;. The number of fused-ring (bicyclic) bond motifs is 1. The van der Waals surface area contributed by atoms with Crippen molar-refractivity contribution in [3.63, 3.8) is 0 Å². The van der Waals surface area contributed by atoms with Crippen molar-refractivity contribution in [2.45, 2.75) is 13.2 Å². The van der Waals surface area contributed by atoms with Crippen molar-refractivity contribution in [3.05, 3.63) is 70.7 Å². The fourth-order valence-electron chi connectivity index (χ4n) is 2.92. The van der Waals surface area contributed by atoms with E-state index in [-0.39, 0.29) is 37.7 Å². The van der Waals surface area contributed by atoms with E-state index >= 15 is 0 Å². The average molecular weight is 433 g/mol. The monoisotopic (exact) mass is 432 g/mol. The van der Waals surface area contributed by atoms with Crippen LogP contribution in [-0.2, 0) is 17.9 Å². The molecular weight excluding hydrogens is 415 g/mol. The van der Waals surface area contributed by atoms with Crippen molar-refractivity contribution in [1.82, 2.24) is 19.3 Å². The van der Waals surface area contributed by atoms with Crippen molar-refractivity contribution < 1.29 is 13.9 Å². The Morgan fingerprint density at radius 3 is 2.90 bits per heavy atom. The molecule has 11 heteroatoms. The Hall–Kier alpha value is -3.50. The third kappa shape index (κ3) is 4.09. The number of nitrogens with zero attached hydrogens (tertiary/aromatic N) is 4. The fraction of sp³-hybridized carbons (Fsp3) is 0.158. The fourth-order valence-corrected chi connectivity index (χ4v) is 2.92. The molecule has 0 fully saturated rings. The Labute approximate surface area is 176 Å². The number of cyclic esters (lactones) is 1. The van der Waals surface area contributed by atoms with E-state index < -0.39 is 11.8 Å². The molecule has 0 atom stereocenters. The molecule has 0 radical (unpaired) electrons. The molecule has 0 bridgehead atoms. The molecule has 3 N–H and O–H groups in total. The normalized spacial score (nSPS) is 13.1. The molecule has 1 aromatic carbocycles. The lowest BCUT2D eigenvalue weighted by atomic mass is 10.1. The lowest BCUT2D eigenvalue weighted by molar-refractivity contribution is 0.151. The van der Waals surface area contributed by atoms with Crippen LogP contribution in [0.25, 0.3) is 17.1 Å². The molecule has 0 saturated carbocycles. The zero-order valence-corrected chi connectivity index (χ0v) is 16.4. The number of benzene rings is 1. The maximum atomic E-state index is 12.8. The Bertz CT molecular complexity index is 1170. The summed E-state index contributed by atoms with van der Waals surface area (Å²) >= 11 is 0. The lowest BCUT2D eigenvalue weighted by Crippen LogP contribution is -2.26. The molecule has 1 aliphatic rings. The topological polar surface area (TPSA) is 117 Å². The van der Waals surface area contributed by atoms with Crippen LogP contribution >= 0.6 is 12.4 Å². The number of rotatable bonds is 5. The van der Waals surface area contributed by atoms with Gasteiger partial charge in [0.2, 0.25) is 0 Å². The summed E-state index contributed by atoms with van der Waals surface area (Å²) in [5.74, 6) is 0.363. The van der Waals surface area contributed by atoms with Gasteiger partial charge in [0, 0.05) is 17.7 Å². The van der Waals surface area contributed by atoms with Gasteiger partial charge in [0.1, 0.15) is 18.8 Å². The number of hydrogen-bond acceptors (Lipinski definition) is 6. The second kappa shape index (κ2) is 8.89. The van der Waals surface area contributed by atoms with Crippen LogP contribution in [0.4, 0.5) is 14.9 Å². The number of amides is 1. The number of halogens is 2. The van der Waals surface area contributed by atoms with Gasteiger partial charge in [0.25, 0.3) is 0 Å². The maximum Gasteiger partial charge on any atom is 0.411 e. The summed E-state index contributed by atoms with van der Waals surface area (Å²) in [6, 6.07) is 10.7. The molecule has 156 valence electrons. The quantitative estimate of drug-likeness (QED) is 0.639. The highest BCUT2D eigenvalue weighted by Gasteiger charge is 2.17. The maximum absolute atomic E-state index is 12.8. The summed E-state index contributed by atoms with van der Waals surface area (Å²) in [7, 11) is 0. The number of carbonyl (C=O) groups excluding carboxylic acids is 1. The van der Waals surface area contributed by atoms with Gasteiger partial charge in [-0.15, -0.1) is 12.4 Å². The van der Waals surface area contributed by atoms with E-state index in [2.05, 4.69) is 15.4 Å². The number of pyridine rings is 1. The van der Waals surface area contributed by atoms with E-state index in [1.807, 2.05) is 12.1 Å². The zero-order valence-electron chi connectivity index (χ0n) is 15.6.